The minimum atomic E-state index is -0.0818. The Morgan fingerprint density at radius 2 is 1.00 bits per heavy atom. The molecule has 0 atom stereocenters. The first-order valence-corrected chi connectivity index (χ1v) is 19.1. The maximum atomic E-state index is 2.42. The third kappa shape index (κ3) is 4.54. The van der Waals surface area contributed by atoms with E-state index < -0.39 is 0 Å². The van der Waals surface area contributed by atoms with Crippen molar-refractivity contribution >= 4 is 38.5 Å². The zero-order valence-corrected chi connectivity index (χ0v) is 30.8. The lowest BCUT2D eigenvalue weighted by Gasteiger charge is -2.28. The van der Waals surface area contributed by atoms with Gasteiger partial charge in [0.2, 0.25) is 0 Å². The molecule has 1 nitrogen and oxygen atoms in total. The van der Waals surface area contributed by atoms with Crippen molar-refractivity contribution in [3.8, 4) is 43.8 Å². The van der Waals surface area contributed by atoms with Gasteiger partial charge in [0.15, 0.2) is 0 Å². The second-order valence-electron chi connectivity index (χ2n) is 15.4. The predicted octanol–water partition coefficient (Wildman–Crippen LogP) is 14.3. The Hall–Kier alpha value is -5.70. The lowest BCUT2D eigenvalue weighted by atomic mass is 9.81. The molecule has 2 aliphatic carbocycles. The molecule has 0 radical (unpaired) electrons. The fraction of sp³-hybridized carbons (Fsp3) is 0.120. The normalized spacial score (nSPS) is 14.5. The molecule has 0 saturated carbocycles. The average Bonchev–Trinajstić information content (AvgIpc) is 3.76. The van der Waals surface area contributed by atoms with Gasteiger partial charge in [-0.2, -0.15) is 0 Å². The van der Waals surface area contributed by atoms with Crippen molar-refractivity contribution in [1.82, 2.24) is 0 Å². The zero-order chi connectivity index (χ0) is 35.2. The van der Waals surface area contributed by atoms with Gasteiger partial charge in [0.05, 0.1) is 0 Å². The largest absolute Gasteiger partial charge is 0.310 e. The lowest BCUT2D eigenvalue weighted by Crippen LogP contribution is -2.16. The number of fused-ring (bicyclic) bond motifs is 8. The molecule has 0 fully saturated rings. The summed E-state index contributed by atoms with van der Waals surface area (Å²) in [6.07, 6.45) is 0. The van der Waals surface area contributed by atoms with Gasteiger partial charge in [-0.15, -0.1) is 11.3 Å². The van der Waals surface area contributed by atoms with Crippen molar-refractivity contribution in [2.24, 2.45) is 0 Å². The third-order valence-electron chi connectivity index (χ3n) is 11.7. The first-order valence-electron chi connectivity index (χ1n) is 18.3. The summed E-state index contributed by atoms with van der Waals surface area (Å²) in [6.45, 7) is 9.50. The lowest BCUT2D eigenvalue weighted by molar-refractivity contribution is 0.660. The van der Waals surface area contributed by atoms with Gasteiger partial charge in [0, 0.05) is 43.0 Å². The molecule has 0 amide bonds. The molecular weight excluding hydrogens is 647 g/mol. The van der Waals surface area contributed by atoms with Crippen LogP contribution in [0.15, 0.2) is 164 Å². The van der Waals surface area contributed by atoms with E-state index in [0.717, 1.165) is 17.1 Å². The van der Waals surface area contributed by atoms with E-state index in [2.05, 4.69) is 196 Å². The van der Waals surface area contributed by atoms with Crippen LogP contribution in [0.3, 0.4) is 0 Å². The minimum Gasteiger partial charge on any atom is -0.310 e. The average molecular weight is 686 g/mol. The summed E-state index contributed by atoms with van der Waals surface area (Å²) in [6, 6.07) is 60.6. The molecule has 0 saturated heterocycles. The molecule has 0 N–H and O–H groups in total. The van der Waals surface area contributed by atoms with Gasteiger partial charge in [-0.05, 0) is 103 Å². The van der Waals surface area contributed by atoms with Crippen LogP contribution in [-0.2, 0) is 10.8 Å². The fourth-order valence-corrected chi connectivity index (χ4v) is 10.5. The van der Waals surface area contributed by atoms with Gasteiger partial charge in [-0.25, -0.2) is 0 Å². The first kappa shape index (κ1) is 31.1. The molecule has 250 valence electrons. The van der Waals surface area contributed by atoms with Crippen LogP contribution in [0.4, 0.5) is 17.1 Å². The van der Waals surface area contributed by atoms with E-state index in [1.165, 1.54) is 76.2 Å². The standard InChI is InChI=1S/C50H39NS/c1-49(2)42-18-10-8-15-39(42)40-30-29-37(31-44(40)49)51(35-25-21-33(22-26-35)32-13-6-5-7-14-32)36-27-23-34(24-28-36)38-17-12-19-43-46(38)48-47(50(43,3)4)41-16-9-11-20-45(41)52-48/h5-31H,1-4H3. The maximum absolute atomic E-state index is 2.42. The zero-order valence-electron chi connectivity index (χ0n) is 29.9. The molecule has 2 heteroatoms. The topological polar surface area (TPSA) is 3.24 Å². The molecule has 0 unspecified atom stereocenters. The van der Waals surface area contributed by atoms with Crippen LogP contribution in [0.5, 0.6) is 0 Å². The minimum absolute atomic E-state index is 0.0516. The summed E-state index contributed by atoms with van der Waals surface area (Å²) in [5.74, 6) is 0. The summed E-state index contributed by atoms with van der Waals surface area (Å²) in [7, 11) is 0. The van der Waals surface area contributed by atoms with E-state index in [9.17, 15) is 0 Å². The van der Waals surface area contributed by atoms with Crippen molar-refractivity contribution in [2.75, 3.05) is 4.90 Å². The number of thiophene rings is 1. The molecule has 0 bridgehead atoms. The van der Waals surface area contributed by atoms with E-state index in [-0.39, 0.29) is 10.8 Å². The maximum Gasteiger partial charge on any atom is 0.0465 e. The highest BCUT2D eigenvalue weighted by atomic mass is 32.1. The van der Waals surface area contributed by atoms with Crippen molar-refractivity contribution < 1.29 is 0 Å². The Morgan fingerprint density at radius 1 is 0.423 bits per heavy atom. The van der Waals surface area contributed by atoms with Gasteiger partial charge >= 0.3 is 0 Å². The molecule has 8 aromatic rings. The second-order valence-corrected chi connectivity index (χ2v) is 16.4. The molecule has 1 heterocycles. The van der Waals surface area contributed by atoms with E-state index in [1.54, 1.807) is 0 Å². The Bertz CT molecular complexity index is 2660. The second kappa shape index (κ2) is 11.4. The van der Waals surface area contributed by atoms with Crippen LogP contribution in [0.2, 0.25) is 0 Å². The number of anilines is 3. The fourth-order valence-electron chi connectivity index (χ4n) is 9.04. The number of hydrogen-bond acceptors (Lipinski definition) is 2. The van der Waals surface area contributed by atoms with Crippen molar-refractivity contribution in [2.45, 2.75) is 38.5 Å². The highest BCUT2D eigenvalue weighted by molar-refractivity contribution is 7.22. The highest BCUT2D eigenvalue weighted by Gasteiger charge is 2.40. The Kier molecular flexibility index (Phi) is 6.81. The quantitative estimate of drug-likeness (QED) is 0.174. The van der Waals surface area contributed by atoms with Crippen LogP contribution in [-0.4, -0.2) is 0 Å². The van der Waals surface area contributed by atoms with Gasteiger partial charge in [-0.3, -0.25) is 0 Å². The molecule has 2 aliphatic rings. The summed E-state index contributed by atoms with van der Waals surface area (Å²) in [5, 5.41) is 1.39. The molecular formula is C50H39NS. The Morgan fingerprint density at radius 3 is 1.77 bits per heavy atom. The van der Waals surface area contributed by atoms with Gasteiger partial charge in [-0.1, -0.05) is 149 Å². The number of benzene rings is 7. The summed E-state index contributed by atoms with van der Waals surface area (Å²) < 4.78 is 1.37. The van der Waals surface area contributed by atoms with Crippen LogP contribution < -0.4 is 4.90 Å². The van der Waals surface area contributed by atoms with Crippen LogP contribution in [0, 0.1) is 0 Å². The van der Waals surface area contributed by atoms with Crippen molar-refractivity contribution in [3.63, 3.8) is 0 Å². The van der Waals surface area contributed by atoms with Gasteiger partial charge in [0.1, 0.15) is 0 Å². The highest BCUT2D eigenvalue weighted by Crippen LogP contribution is 2.58. The third-order valence-corrected chi connectivity index (χ3v) is 12.9. The number of nitrogens with zero attached hydrogens (tertiary/aromatic N) is 1. The monoisotopic (exact) mass is 685 g/mol. The van der Waals surface area contributed by atoms with Crippen molar-refractivity contribution in [3.05, 3.63) is 186 Å². The Balaban J connectivity index is 1.09. The van der Waals surface area contributed by atoms with Gasteiger partial charge < -0.3 is 4.90 Å². The summed E-state index contributed by atoms with van der Waals surface area (Å²) in [4.78, 5) is 3.84. The first-order chi connectivity index (χ1) is 25.3. The molecule has 0 spiro atoms. The molecule has 1 aromatic heterocycles. The molecule has 0 aliphatic heterocycles. The molecule has 52 heavy (non-hydrogen) atoms. The summed E-state index contributed by atoms with van der Waals surface area (Å²) in [5.41, 5.74) is 18.0. The van der Waals surface area contributed by atoms with E-state index in [1.807, 2.05) is 11.3 Å². The number of rotatable bonds is 5. The number of hydrogen-bond donors (Lipinski definition) is 0. The van der Waals surface area contributed by atoms with Crippen LogP contribution >= 0.6 is 11.3 Å². The smallest absolute Gasteiger partial charge is 0.0465 e. The van der Waals surface area contributed by atoms with Crippen LogP contribution in [0.25, 0.3) is 53.9 Å². The summed E-state index contributed by atoms with van der Waals surface area (Å²) >= 11 is 1.94. The Labute approximate surface area is 310 Å². The van der Waals surface area contributed by atoms with E-state index >= 15 is 0 Å². The predicted molar refractivity (Wildman–Crippen MR) is 223 cm³/mol. The SMILES string of the molecule is CC1(C)c2ccccc2-c2ccc(N(c3ccc(-c4ccccc4)cc3)c3ccc(-c4cccc5c4-c4sc6ccccc6c4C5(C)C)cc3)cc21. The van der Waals surface area contributed by atoms with E-state index in [4.69, 9.17) is 0 Å². The molecule has 7 aromatic carbocycles. The van der Waals surface area contributed by atoms with Gasteiger partial charge in [0.25, 0.3) is 0 Å². The van der Waals surface area contributed by atoms with Crippen LogP contribution in [0.1, 0.15) is 49.9 Å². The van der Waals surface area contributed by atoms with Crippen molar-refractivity contribution in [1.29, 1.82) is 0 Å². The molecule has 10 rings (SSSR count). The van der Waals surface area contributed by atoms with E-state index in [0.29, 0.717) is 0 Å².